The van der Waals surface area contributed by atoms with Crippen molar-refractivity contribution in [2.75, 3.05) is 65.0 Å². The molecule has 1 aromatic carbocycles. The molecule has 2 saturated heterocycles. The van der Waals surface area contributed by atoms with Crippen LogP contribution in [0.15, 0.2) is 29.3 Å². The Balaban J connectivity index is 0.00000320. The smallest absolute Gasteiger partial charge is 0.191 e. The van der Waals surface area contributed by atoms with Crippen LogP contribution in [-0.4, -0.2) is 83.0 Å². The molecule has 2 aliphatic heterocycles. The van der Waals surface area contributed by atoms with Gasteiger partial charge in [0.15, 0.2) is 5.96 Å². The summed E-state index contributed by atoms with van der Waals surface area (Å²) in [6.07, 6.45) is 3.56. The summed E-state index contributed by atoms with van der Waals surface area (Å²) in [5, 5.41) is 7.07. The number of hydrogen-bond acceptors (Lipinski definition) is 5. The molecule has 2 aliphatic rings. The van der Waals surface area contributed by atoms with E-state index in [-0.39, 0.29) is 24.0 Å². The fourth-order valence-electron chi connectivity index (χ4n) is 4.30. The lowest BCUT2D eigenvalue weighted by atomic mass is 10.2. The van der Waals surface area contributed by atoms with E-state index in [4.69, 9.17) is 14.5 Å². The largest absolute Gasteiger partial charge is 0.495 e. The maximum Gasteiger partial charge on any atom is 0.191 e. The average molecular weight is 531 g/mol. The first-order valence-electron chi connectivity index (χ1n) is 10.9. The summed E-state index contributed by atoms with van der Waals surface area (Å²) >= 11 is 0. The van der Waals surface area contributed by atoms with Gasteiger partial charge in [0.05, 0.1) is 25.9 Å². The van der Waals surface area contributed by atoms with Crippen LogP contribution in [0.25, 0.3) is 0 Å². The summed E-state index contributed by atoms with van der Waals surface area (Å²) in [4.78, 5) is 9.82. The topological polar surface area (TPSA) is 61.4 Å². The van der Waals surface area contributed by atoms with Crippen molar-refractivity contribution in [1.82, 2.24) is 15.5 Å². The van der Waals surface area contributed by atoms with Crippen molar-refractivity contribution in [2.45, 2.75) is 38.3 Å². The summed E-state index contributed by atoms with van der Waals surface area (Å²) in [5.41, 5.74) is 1.17. The number of guanidine groups is 1. The number of anilines is 1. The van der Waals surface area contributed by atoms with Crippen molar-refractivity contribution >= 4 is 35.6 Å². The number of para-hydroxylation sites is 2. The van der Waals surface area contributed by atoms with Gasteiger partial charge < -0.3 is 25.0 Å². The predicted molar refractivity (Wildman–Crippen MR) is 135 cm³/mol. The minimum atomic E-state index is 0. The summed E-state index contributed by atoms with van der Waals surface area (Å²) in [7, 11) is 3.51. The quantitative estimate of drug-likeness (QED) is 0.290. The van der Waals surface area contributed by atoms with Crippen molar-refractivity contribution < 1.29 is 9.47 Å². The van der Waals surface area contributed by atoms with Crippen molar-refractivity contribution in [2.24, 2.45) is 4.99 Å². The monoisotopic (exact) mass is 531 g/mol. The number of nitrogens with zero attached hydrogens (tertiary/aromatic N) is 3. The van der Waals surface area contributed by atoms with E-state index in [9.17, 15) is 0 Å². The highest BCUT2D eigenvalue weighted by atomic mass is 127. The second-order valence-electron chi connectivity index (χ2n) is 7.79. The number of rotatable bonds is 9. The van der Waals surface area contributed by atoms with E-state index in [0.29, 0.717) is 12.1 Å². The lowest BCUT2D eigenvalue weighted by molar-refractivity contribution is 0.142. The molecule has 0 bridgehead atoms. The summed E-state index contributed by atoms with van der Waals surface area (Å²) in [6, 6.07) is 9.15. The molecule has 3 rings (SSSR count). The molecule has 2 heterocycles. The van der Waals surface area contributed by atoms with Crippen LogP contribution < -0.4 is 20.3 Å². The summed E-state index contributed by atoms with van der Waals surface area (Å²) in [6.45, 7) is 8.74. The zero-order valence-corrected chi connectivity index (χ0v) is 20.9. The maximum absolute atomic E-state index is 5.53. The van der Waals surface area contributed by atoms with Gasteiger partial charge in [0.25, 0.3) is 0 Å². The van der Waals surface area contributed by atoms with Gasteiger partial charge in [-0.05, 0) is 44.9 Å². The van der Waals surface area contributed by atoms with Gasteiger partial charge in [-0.25, -0.2) is 0 Å². The summed E-state index contributed by atoms with van der Waals surface area (Å²) in [5.74, 6) is 1.86. The van der Waals surface area contributed by atoms with Crippen LogP contribution >= 0.6 is 24.0 Å². The molecule has 30 heavy (non-hydrogen) atoms. The molecular formula is C22H38IN5O2. The van der Waals surface area contributed by atoms with Crippen molar-refractivity contribution in [3.8, 4) is 5.75 Å². The van der Waals surface area contributed by atoms with Crippen molar-refractivity contribution in [1.29, 1.82) is 0 Å². The molecule has 8 heteroatoms. The fourth-order valence-corrected chi connectivity index (χ4v) is 4.30. The SMILES string of the molecule is CCNC(=NCC1CCCN1CCOC)NC1CCN(c2ccccc2OC)C1.I. The molecule has 0 saturated carbocycles. The van der Waals surface area contributed by atoms with E-state index in [2.05, 4.69) is 39.5 Å². The molecule has 0 aromatic heterocycles. The normalized spacial score (nSPS) is 22.1. The molecule has 2 N–H and O–H groups in total. The first-order chi connectivity index (χ1) is 14.2. The number of likely N-dealkylation sites (tertiary alicyclic amines) is 1. The Labute approximate surface area is 198 Å². The first kappa shape index (κ1) is 25.0. The van der Waals surface area contributed by atoms with Gasteiger partial charge in [-0.2, -0.15) is 0 Å². The van der Waals surface area contributed by atoms with Crippen LogP contribution in [0, 0.1) is 0 Å². The Morgan fingerprint density at radius 2 is 2.03 bits per heavy atom. The number of methoxy groups -OCH3 is 2. The van der Waals surface area contributed by atoms with Crippen LogP contribution in [0.5, 0.6) is 5.75 Å². The molecule has 0 radical (unpaired) electrons. The van der Waals surface area contributed by atoms with E-state index in [1.54, 1.807) is 14.2 Å². The highest BCUT2D eigenvalue weighted by Gasteiger charge is 2.26. The first-order valence-corrected chi connectivity index (χ1v) is 10.9. The van der Waals surface area contributed by atoms with Gasteiger partial charge >= 0.3 is 0 Å². The maximum atomic E-state index is 5.53. The zero-order chi connectivity index (χ0) is 20.5. The van der Waals surface area contributed by atoms with Gasteiger partial charge in [-0.1, -0.05) is 12.1 Å². The fraction of sp³-hybridized carbons (Fsp3) is 0.682. The van der Waals surface area contributed by atoms with E-state index >= 15 is 0 Å². The van der Waals surface area contributed by atoms with Crippen molar-refractivity contribution in [3.63, 3.8) is 0 Å². The van der Waals surface area contributed by atoms with Crippen LogP contribution in [0.4, 0.5) is 5.69 Å². The van der Waals surface area contributed by atoms with Crippen LogP contribution in [0.2, 0.25) is 0 Å². The third-order valence-corrected chi connectivity index (χ3v) is 5.84. The second-order valence-corrected chi connectivity index (χ2v) is 7.79. The van der Waals surface area contributed by atoms with Gasteiger partial charge in [0.2, 0.25) is 0 Å². The molecule has 0 spiro atoms. The number of ether oxygens (including phenoxy) is 2. The Morgan fingerprint density at radius 3 is 2.80 bits per heavy atom. The number of hydrogen-bond donors (Lipinski definition) is 2. The Bertz CT molecular complexity index is 660. The lowest BCUT2D eigenvalue weighted by Gasteiger charge is -2.24. The van der Waals surface area contributed by atoms with E-state index in [1.807, 2.05) is 12.1 Å². The molecule has 0 amide bonds. The predicted octanol–water partition coefficient (Wildman–Crippen LogP) is 2.56. The molecule has 2 atom stereocenters. The number of nitrogens with one attached hydrogen (secondary N) is 2. The average Bonchev–Trinajstić information content (AvgIpc) is 3.40. The van der Waals surface area contributed by atoms with Gasteiger partial charge in [0, 0.05) is 45.4 Å². The summed E-state index contributed by atoms with van der Waals surface area (Å²) < 4.78 is 10.8. The molecule has 1 aromatic rings. The van der Waals surface area contributed by atoms with Crippen LogP contribution in [-0.2, 0) is 4.74 Å². The van der Waals surface area contributed by atoms with Gasteiger partial charge in [0.1, 0.15) is 5.75 Å². The number of benzene rings is 1. The molecule has 2 fully saturated rings. The third-order valence-electron chi connectivity index (χ3n) is 5.84. The third kappa shape index (κ3) is 6.88. The minimum Gasteiger partial charge on any atom is -0.495 e. The Morgan fingerprint density at radius 1 is 1.20 bits per heavy atom. The van der Waals surface area contributed by atoms with E-state index in [1.165, 1.54) is 18.5 Å². The molecule has 0 aliphatic carbocycles. The minimum absolute atomic E-state index is 0. The standard InChI is InChI=1S/C22H37N5O2.HI/c1-4-23-22(24-16-19-8-7-12-26(19)14-15-28-2)25-18-11-13-27(17-18)20-9-5-6-10-21(20)29-3;/h5-6,9-10,18-19H,4,7-8,11-17H2,1-3H3,(H2,23,24,25);1H. The second kappa shape index (κ2) is 13.2. The number of aliphatic imine (C=N–C) groups is 1. The Hall–Kier alpha value is -1.26. The van der Waals surface area contributed by atoms with E-state index < -0.39 is 0 Å². The van der Waals surface area contributed by atoms with E-state index in [0.717, 1.165) is 64.0 Å². The highest BCUT2D eigenvalue weighted by molar-refractivity contribution is 14.0. The van der Waals surface area contributed by atoms with Crippen molar-refractivity contribution in [3.05, 3.63) is 24.3 Å². The zero-order valence-electron chi connectivity index (χ0n) is 18.6. The molecule has 170 valence electrons. The molecular weight excluding hydrogens is 493 g/mol. The lowest BCUT2D eigenvalue weighted by Crippen LogP contribution is -2.45. The van der Waals surface area contributed by atoms with Crippen LogP contribution in [0.3, 0.4) is 0 Å². The van der Waals surface area contributed by atoms with Gasteiger partial charge in [-0.15, -0.1) is 24.0 Å². The highest BCUT2D eigenvalue weighted by Crippen LogP contribution is 2.30. The number of halogens is 1. The van der Waals surface area contributed by atoms with Crippen LogP contribution in [0.1, 0.15) is 26.2 Å². The Kier molecular flexibility index (Phi) is 11.0. The molecule has 2 unspecified atom stereocenters. The van der Waals surface area contributed by atoms with Gasteiger partial charge in [-0.3, -0.25) is 9.89 Å². The molecule has 7 nitrogen and oxygen atoms in total.